The van der Waals surface area contributed by atoms with Crippen LogP contribution in [0.3, 0.4) is 0 Å². The van der Waals surface area contributed by atoms with Gasteiger partial charge in [-0.3, -0.25) is 4.79 Å². The Hall–Kier alpha value is -2.27. The second kappa shape index (κ2) is 8.39. The Balaban J connectivity index is 1.93. The summed E-state index contributed by atoms with van der Waals surface area (Å²) in [4.78, 5) is 20.9. The Kier molecular flexibility index (Phi) is 6.23. The summed E-state index contributed by atoms with van der Waals surface area (Å²) in [6.07, 6.45) is 0.778. The fourth-order valence-electron chi connectivity index (χ4n) is 1.72. The average molecular weight is 352 g/mol. The second-order valence-electron chi connectivity index (χ2n) is 4.49. The van der Waals surface area contributed by atoms with Gasteiger partial charge in [0.05, 0.1) is 22.8 Å². The Bertz CT molecular complexity index is 708. The van der Waals surface area contributed by atoms with Gasteiger partial charge in [-0.2, -0.15) is 10.6 Å². The van der Waals surface area contributed by atoms with E-state index < -0.39 is 0 Å². The van der Waals surface area contributed by atoms with Crippen molar-refractivity contribution >= 4 is 38.8 Å². The number of hydrogen-bond donors (Lipinski definition) is 3. The van der Waals surface area contributed by atoms with E-state index in [1.807, 2.05) is 12.3 Å². The van der Waals surface area contributed by atoms with E-state index in [0.717, 1.165) is 27.8 Å². The highest BCUT2D eigenvalue weighted by Gasteiger charge is 2.13. The molecule has 0 aliphatic heterocycles. The van der Waals surface area contributed by atoms with E-state index in [2.05, 4.69) is 36.2 Å². The van der Waals surface area contributed by atoms with Gasteiger partial charge in [0.1, 0.15) is 0 Å². The van der Waals surface area contributed by atoms with Crippen LogP contribution >= 0.6 is 22.7 Å². The zero-order valence-electron chi connectivity index (χ0n) is 12.7. The molecule has 23 heavy (non-hydrogen) atoms. The van der Waals surface area contributed by atoms with Gasteiger partial charge in [0, 0.05) is 18.8 Å². The first-order chi connectivity index (χ1) is 11.1. The van der Waals surface area contributed by atoms with Crippen LogP contribution in [0.25, 0.3) is 10.6 Å². The number of aromatic nitrogens is 2. The number of carbonyl (C=O) groups is 1. The number of nitrogens with one attached hydrogen (secondary N) is 3. The molecule has 0 aromatic carbocycles. The molecular weight excluding hydrogens is 336 g/mol. The number of carbonyl (C=O) groups excluding carboxylic acids is 1. The van der Waals surface area contributed by atoms with E-state index in [-0.39, 0.29) is 5.91 Å². The van der Waals surface area contributed by atoms with Gasteiger partial charge >= 0.3 is 0 Å². The van der Waals surface area contributed by atoms with Gasteiger partial charge in [0.25, 0.3) is 0 Å². The van der Waals surface area contributed by atoms with Crippen molar-refractivity contribution in [1.82, 2.24) is 9.97 Å². The molecule has 1 amide bonds. The zero-order chi connectivity index (χ0) is 16.7. The van der Waals surface area contributed by atoms with Crippen molar-refractivity contribution in [3.8, 4) is 10.6 Å². The summed E-state index contributed by atoms with van der Waals surface area (Å²) in [7, 11) is 0. The third-order valence-corrected chi connectivity index (χ3v) is 4.53. The number of thiazole rings is 2. The molecule has 122 valence electrons. The van der Waals surface area contributed by atoms with Gasteiger partial charge in [-0.1, -0.05) is 11.3 Å². The maximum absolute atomic E-state index is 11.1. The predicted molar refractivity (Wildman–Crippen MR) is 90.2 cm³/mol. The normalized spacial score (nSPS) is 10.9. The summed E-state index contributed by atoms with van der Waals surface area (Å²) in [5.74, 6) is -0.138. The Morgan fingerprint density at radius 2 is 2.22 bits per heavy atom. The lowest BCUT2D eigenvalue weighted by Gasteiger charge is -1.99. The van der Waals surface area contributed by atoms with Gasteiger partial charge in [0.15, 0.2) is 10.3 Å². The van der Waals surface area contributed by atoms with E-state index >= 15 is 0 Å². The average Bonchev–Trinajstić information content (AvgIpc) is 3.08. The summed E-state index contributed by atoms with van der Waals surface area (Å²) in [5.41, 5.74) is 8.16. The number of nitrogens with zero attached hydrogens (tertiary/aromatic N) is 5. The summed E-state index contributed by atoms with van der Waals surface area (Å²) >= 11 is 2.92. The van der Waals surface area contributed by atoms with Crippen LogP contribution in [-0.4, -0.2) is 29.0 Å². The fraction of sp³-hybridized carbons (Fsp3) is 0.417. The highest BCUT2D eigenvalue weighted by Crippen LogP contribution is 2.34. The van der Waals surface area contributed by atoms with Crippen LogP contribution in [0.1, 0.15) is 19.0 Å². The third kappa shape index (κ3) is 5.14. The molecule has 2 heterocycles. The first-order valence-corrected chi connectivity index (χ1v) is 8.47. The minimum Gasteiger partial charge on any atom is -0.361 e. The fourth-order valence-corrected chi connectivity index (χ4v) is 3.50. The molecule has 0 bridgehead atoms. The molecule has 2 rings (SSSR count). The van der Waals surface area contributed by atoms with Crippen molar-refractivity contribution in [2.24, 2.45) is 15.6 Å². The van der Waals surface area contributed by atoms with Gasteiger partial charge in [-0.05, 0) is 23.8 Å². The number of hydrogen-bond acceptors (Lipinski definition) is 8. The molecule has 11 heteroatoms. The van der Waals surface area contributed by atoms with E-state index in [9.17, 15) is 4.79 Å². The lowest BCUT2D eigenvalue weighted by molar-refractivity contribution is -0.114. The Morgan fingerprint density at radius 1 is 1.39 bits per heavy atom. The largest absolute Gasteiger partial charge is 0.361 e. The number of amides is 1. The molecule has 2 aromatic heterocycles. The summed E-state index contributed by atoms with van der Waals surface area (Å²) in [5, 5.41) is 19.0. The van der Waals surface area contributed by atoms with Crippen LogP contribution in [0.5, 0.6) is 0 Å². The number of aryl methyl sites for hydroxylation is 1. The molecule has 0 fully saturated rings. The molecular formula is C12H16N8OS2. The Labute approximate surface area is 140 Å². The van der Waals surface area contributed by atoms with Crippen molar-refractivity contribution in [3.63, 3.8) is 0 Å². The standard InChI is InChI=1S/C12H16N8OS2/c1-7-10(23-12(16-7)17-8(2)21)9-6-22-11(18-9)14-4-3-5-15-20-19-13/h6,13H,3-5H2,1-2H3,(H,14,18)(H,16,17,21). The molecule has 9 nitrogen and oxygen atoms in total. The minimum atomic E-state index is -0.138. The van der Waals surface area contributed by atoms with Gasteiger partial charge < -0.3 is 10.6 Å². The second-order valence-corrected chi connectivity index (χ2v) is 6.34. The highest BCUT2D eigenvalue weighted by molar-refractivity contribution is 7.19. The van der Waals surface area contributed by atoms with Crippen LogP contribution < -0.4 is 10.6 Å². The van der Waals surface area contributed by atoms with Crippen LogP contribution in [0, 0.1) is 12.5 Å². The molecule has 0 aliphatic rings. The molecule has 0 saturated heterocycles. The smallest absolute Gasteiger partial charge is 0.223 e. The van der Waals surface area contributed by atoms with E-state index in [1.165, 1.54) is 29.6 Å². The van der Waals surface area contributed by atoms with Crippen molar-refractivity contribution in [1.29, 1.82) is 5.53 Å². The predicted octanol–water partition coefficient (Wildman–Crippen LogP) is 3.73. The van der Waals surface area contributed by atoms with Crippen molar-refractivity contribution in [2.75, 3.05) is 23.7 Å². The van der Waals surface area contributed by atoms with Crippen LogP contribution in [0.15, 0.2) is 20.9 Å². The first-order valence-electron chi connectivity index (χ1n) is 6.78. The van der Waals surface area contributed by atoms with E-state index in [0.29, 0.717) is 18.2 Å². The maximum atomic E-state index is 11.1. The van der Waals surface area contributed by atoms with Crippen molar-refractivity contribution in [2.45, 2.75) is 20.3 Å². The monoisotopic (exact) mass is 352 g/mol. The Morgan fingerprint density at radius 3 is 2.96 bits per heavy atom. The van der Waals surface area contributed by atoms with Crippen molar-refractivity contribution in [3.05, 3.63) is 11.1 Å². The van der Waals surface area contributed by atoms with Gasteiger partial charge in [-0.15, -0.1) is 11.3 Å². The SMILES string of the molecule is CC(=O)Nc1nc(C)c(-c2csc(NCCCN=NN=N)n2)s1. The summed E-state index contributed by atoms with van der Waals surface area (Å²) < 4.78 is 0. The van der Waals surface area contributed by atoms with Gasteiger partial charge in [0.2, 0.25) is 5.91 Å². The molecule has 0 spiro atoms. The summed E-state index contributed by atoms with van der Waals surface area (Å²) in [6.45, 7) is 4.58. The number of anilines is 2. The number of rotatable bonds is 8. The van der Waals surface area contributed by atoms with Crippen LogP contribution in [0.2, 0.25) is 0 Å². The summed E-state index contributed by atoms with van der Waals surface area (Å²) in [6, 6.07) is 0. The molecule has 0 aliphatic carbocycles. The van der Waals surface area contributed by atoms with Crippen LogP contribution in [0.4, 0.5) is 10.3 Å². The molecule has 0 atom stereocenters. The minimum absolute atomic E-state index is 0.138. The van der Waals surface area contributed by atoms with Gasteiger partial charge in [-0.25, -0.2) is 9.97 Å². The lowest BCUT2D eigenvalue weighted by Crippen LogP contribution is -2.04. The highest BCUT2D eigenvalue weighted by atomic mass is 32.1. The third-order valence-electron chi connectivity index (χ3n) is 2.64. The topological polar surface area (TPSA) is 128 Å². The van der Waals surface area contributed by atoms with E-state index in [4.69, 9.17) is 5.53 Å². The quantitative estimate of drug-likeness (QED) is 0.380. The van der Waals surface area contributed by atoms with Crippen molar-refractivity contribution < 1.29 is 4.79 Å². The first kappa shape index (κ1) is 17.1. The molecule has 0 saturated carbocycles. The molecule has 0 unspecified atom stereocenters. The van der Waals surface area contributed by atoms with E-state index in [1.54, 1.807) is 0 Å². The molecule has 2 aromatic rings. The lowest BCUT2D eigenvalue weighted by atomic mass is 10.3. The zero-order valence-corrected chi connectivity index (χ0v) is 14.3. The maximum Gasteiger partial charge on any atom is 0.223 e. The molecule has 0 radical (unpaired) electrons. The van der Waals surface area contributed by atoms with Crippen LogP contribution in [-0.2, 0) is 4.79 Å². The molecule has 3 N–H and O–H groups in total.